The summed E-state index contributed by atoms with van der Waals surface area (Å²) in [4.78, 5) is 21.6. The molecule has 1 aliphatic heterocycles. The molecule has 1 saturated carbocycles. The number of alkyl halides is 3. The van der Waals surface area contributed by atoms with Crippen molar-refractivity contribution >= 4 is 5.91 Å². The van der Waals surface area contributed by atoms with Crippen LogP contribution in [-0.4, -0.2) is 57.8 Å². The lowest BCUT2D eigenvalue weighted by atomic mass is 10.0. The highest BCUT2D eigenvalue weighted by Gasteiger charge is 2.43. The number of aromatic nitrogens is 2. The van der Waals surface area contributed by atoms with Crippen LogP contribution in [0.2, 0.25) is 0 Å². The number of imidazole rings is 1. The Bertz CT molecular complexity index is 900. The summed E-state index contributed by atoms with van der Waals surface area (Å²) in [5.41, 5.74) is 0.935. The van der Waals surface area contributed by atoms with Gasteiger partial charge in [-0.15, -0.1) is 13.2 Å². The van der Waals surface area contributed by atoms with Gasteiger partial charge >= 0.3 is 6.36 Å². The molecule has 1 aromatic heterocycles. The predicted octanol–water partition coefficient (Wildman–Crippen LogP) is 3.30. The first-order valence-electron chi connectivity index (χ1n) is 10.00. The van der Waals surface area contributed by atoms with Crippen molar-refractivity contribution in [3.05, 3.63) is 48.0 Å². The molecule has 1 amide bonds. The van der Waals surface area contributed by atoms with Crippen LogP contribution in [0.25, 0.3) is 0 Å². The summed E-state index contributed by atoms with van der Waals surface area (Å²) >= 11 is 0. The summed E-state index contributed by atoms with van der Waals surface area (Å²) < 4.78 is 43.5. The van der Waals surface area contributed by atoms with Gasteiger partial charge in [0, 0.05) is 38.9 Å². The average molecular weight is 422 g/mol. The van der Waals surface area contributed by atoms with E-state index < -0.39 is 6.36 Å². The van der Waals surface area contributed by atoms with Crippen LogP contribution in [0.15, 0.2) is 36.8 Å². The zero-order valence-electron chi connectivity index (χ0n) is 17.0. The second kappa shape index (κ2) is 7.94. The van der Waals surface area contributed by atoms with Gasteiger partial charge in [-0.2, -0.15) is 0 Å². The number of hydrogen-bond donors (Lipinski definition) is 0. The summed E-state index contributed by atoms with van der Waals surface area (Å²) in [5, 5.41) is 0. The molecule has 4 rings (SSSR count). The molecular weight excluding hydrogens is 397 g/mol. The van der Waals surface area contributed by atoms with Gasteiger partial charge < -0.3 is 19.1 Å². The number of likely N-dealkylation sites (tertiary alicyclic amines) is 1. The Morgan fingerprint density at radius 3 is 2.53 bits per heavy atom. The molecule has 6 nitrogen and oxygen atoms in total. The lowest BCUT2D eigenvalue weighted by molar-refractivity contribution is -0.274. The Hall–Kier alpha value is -2.55. The maximum atomic E-state index is 13.3. The minimum absolute atomic E-state index is 0.0374. The highest BCUT2D eigenvalue weighted by atomic mass is 19.4. The van der Waals surface area contributed by atoms with E-state index in [0.717, 1.165) is 25.9 Å². The predicted molar refractivity (Wildman–Crippen MR) is 104 cm³/mol. The van der Waals surface area contributed by atoms with Crippen LogP contribution in [0.4, 0.5) is 13.2 Å². The molecule has 1 aromatic carbocycles. The fourth-order valence-corrected chi connectivity index (χ4v) is 4.83. The Kier molecular flexibility index (Phi) is 5.48. The van der Waals surface area contributed by atoms with Gasteiger partial charge in [0.2, 0.25) is 0 Å². The van der Waals surface area contributed by atoms with Gasteiger partial charge in [-0.1, -0.05) is 12.1 Å². The van der Waals surface area contributed by atoms with Crippen molar-refractivity contribution in [2.75, 3.05) is 20.1 Å². The number of halogens is 3. The molecule has 0 spiro atoms. The zero-order valence-corrected chi connectivity index (χ0v) is 17.0. The molecule has 1 unspecified atom stereocenters. The van der Waals surface area contributed by atoms with E-state index in [4.69, 9.17) is 0 Å². The minimum Gasteiger partial charge on any atom is -0.406 e. The summed E-state index contributed by atoms with van der Waals surface area (Å²) in [7, 11) is 3.90. The number of carbonyl (C=O) groups is 1. The van der Waals surface area contributed by atoms with Gasteiger partial charge in [0.15, 0.2) is 0 Å². The molecule has 9 heteroatoms. The van der Waals surface area contributed by atoms with E-state index in [-0.39, 0.29) is 24.2 Å². The van der Waals surface area contributed by atoms with E-state index in [9.17, 15) is 18.0 Å². The summed E-state index contributed by atoms with van der Waals surface area (Å²) in [6, 6.07) is 5.87. The molecule has 2 aromatic rings. The number of carbonyl (C=O) groups excluding carboxylic acids is 1. The van der Waals surface area contributed by atoms with Crippen molar-refractivity contribution in [2.45, 2.75) is 31.8 Å². The Morgan fingerprint density at radius 2 is 1.93 bits per heavy atom. The third-order valence-electron chi connectivity index (χ3n) is 6.02. The van der Waals surface area contributed by atoms with Crippen LogP contribution in [0.1, 0.15) is 28.9 Å². The SMILES string of the molecule is CN1C[C@H]2CC(N(Cc3cccc(OC(F)(F)F)c3)C(=O)c3cn(C)cn3)C[C@H]2C1. The normalized spacial score (nSPS) is 24.1. The Morgan fingerprint density at radius 1 is 1.23 bits per heavy atom. The monoisotopic (exact) mass is 422 g/mol. The van der Waals surface area contributed by atoms with Crippen LogP contribution in [0, 0.1) is 11.8 Å². The smallest absolute Gasteiger partial charge is 0.406 e. The molecule has 30 heavy (non-hydrogen) atoms. The highest BCUT2D eigenvalue weighted by Crippen LogP contribution is 2.40. The quantitative estimate of drug-likeness (QED) is 0.742. The van der Waals surface area contributed by atoms with Crippen LogP contribution >= 0.6 is 0 Å². The largest absolute Gasteiger partial charge is 0.573 e. The van der Waals surface area contributed by atoms with E-state index in [1.165, 1.54) is 18.2 Å². The minimum atomic E-state index is -4.75. The first-order valence-corrected chi connectivity index (χ1v) is 10.00. The number of fused-ring (bicyclic) bond motifs is 1. The van der Waals surface area contributed by atoms with Crippen LogP contribution < -0.4 is 4.74 Å². The molecule has 162 valence electrons. The van der Waals surface area contributed by atoms with Crippen LogP contribution in [0.3, 0.4) is 0 Å². The third kappa shape index (κ3) is 4.61. The van der Waals surface area contributed by atoms with E-state index in [1.54, 1.807) is 35.1 Å². The summed E-state index contributed by atoms with van der Waals surface area (Å²) in [5.74, 6) is 0.601. The van der Waals surface area contributed by atoms with E-state index in [1.807, 2.05) is 0 Å². The maximum absolute atomic E-state index is 13.3. The topological polar surface area (TPSA) is 50.6 Å². The zero-order chi connectivity index (χ0) is 21.5. The van der Waals surface area contributed by atoms with Gasteiger partial charge in [-0.3, -0.25) is 4.79 Å². The molecular formula is C21H25F3N4O2. The van der Waals surface area contributed by atoms with Gasteiger partial charge in [-0.05, 0) is 49.4 Å². The van der Waals surface area contributed by atoms with Crippen molar-refractivity contribution in [1.82, 2.24) is 19.4 Å². The first-order chi connectivity index (χ1) is 14.2. The Balaban J connectivity index is 1.57. The number of amides is 1. The second-order valence-corrected chi connectivity index (χ2v) is 8.42. The standard InChI is InChI=1S/C21H25F3N4O2/c1-26-10-15-7-17(8-16(15)11-26)28(20(29)19-12-27(2)13-25-19)9-14-4-3-5-18(6-14)30-21(22,23)24/h3-6,12-13,15-17H,7-11H2,1-2H3/t15-,16+,17?. The van der Waals surface area contributed by atoms with Gasteiger partial charge in [0.05, 0.1) is 6.33 Å². The fraction of sp³-hybridized carbons (Fsp3) is 0.524. The van der Waals surface area contributed by atoms with Crippen molar-refractivity contribution in [1.29, 1.82) is 0 Å². The van der Waals surface area contributed by atoms with Crippen molar-refractivity contribution in [2.24, 2.45) is 18.9 Å². The van der Waals surface area contributed by atoms with Crippen molar-refractivity contribution < 1.29 is 22.7 Å². The van der Waals surface area contributed by atoms with Crippen LogP contribution in [-0.2, 0) is 13.6 Å². The Labute approximate surface area is 173 Å². The number of rotatable bonds is 5. The molecule has 3 atom stereocenters. The average Bonchev–Trinajstić information content (AvgIpc) is 3.32. The molecule has 0 bridgehead atoms. The van der Waals surface area contributed by atoms with Gasteiger partial charge in [0.25, 0.3) is 5.91 Å². The summed E-state index contributed by atoms with van der Waals surface area (Å²) in [6.45, 7) is 2.24. The lowest BCUT2D eigenvalue weighted by Gasteiger charge is -2.30. The van der Waals surface area contributed by atoms with Crippen LogP contribution in [0.5, 0.6) is 5.75 Å². The maximum Gasteiger partial charge on any atom is 0.573 e. The number of aryl methyl sites for hydroxylation is 1. The van der Waals surface area contributed by atoms with Crippen molar-refractivity contribution in [3.63, 3.8) is 0 Å². The molecule has 1 aliphatic carbocycles. The molecule has 1 saturated heterocycles. The summed E-state index contributed by atoms with van der Waals surface area (Å²) in [6.07, 6.45) is 0.277. The van der Waals surface area contributed by atoms with E-state index in [0.29, 0.717) is 23.1 Å². The molecule has 2 fully saturated rings. The van der Waals surface area contributed by atoms with E-state index in [2.05, 4.69) is 21.7 Å². The number of hydrogen-bond acceptors (Lipinski definition) is 4. The highest BCUT2D eigenvalue weighted by molar-refractivity contribution is 5.92. The van der Waals surface area contributed by atoms with E-state index >= 15 is 0 Å². The van der Waals surface area contributed by atoms with Gasteiger partial charge in [-0.25, -0.2) is 4.98 Å². The molecule has 0 radical (unpaired) electrons. The first kappa shape index (κ1) is 20.7. The number of ether oxygens (including phenoxy) is 1. The molecule has 2 aliphatic rings. The molecule has 0 N–H and O–H groups in total. The number of benzene rings is 1. The van der Waals surface area contributed by atoms with Crippen molar-refractivity contribution in [3.8, 4) is 5.75 Å². The second-order valence-electron chi connectivity index (χ2n) is 8.42. The number of nitrogens with zero attached hydrogens (tertiary/aromatic N) is 4. The lowest BCUT2D eigenvalue weighted by Crippen LogP contribution is -2.39. The van der Waals surface area contributed by atoms with Gasteiger partial charge in [0.1, 0.15) is 11.4 Å². The third-order valence-corrected chi connectivity index (χ3v) is 6.02. The molecule has 2 heterocycles. The fourth-order valence-electron chi connectivity index (χ4n) is 4.83.